The Hall–Kier alpha value is -2.00. The molecule has 0 aliphatic carbocycles. The lowest BCUT2D eigenvalue weighted by Gasteiger charge is -2.16. The average Bonchev–Trinajstić information content (AvgIpc) is 2.62. The average molecular weight is 401 g/mol. The number of nitrogens with zero attached hydrogens (tertiary/aromatic N) is 1. The van der Waals surface area contributed by atoms with Crippen molar-refractivity contribution in [1.29, 1.82) is 0 Å². The second-order valence-electron chi connectivity index (χ2n) is 5.37. The molecule has 0 spiro atoms. The number of hydroxylamine groups is 1. The molecule has 140 valence electrons. The molecule has 0 radical (unpaired) electrons. The van der Waals surface area contributed by atoms with Crippen LogP contribution in [0.15, 0.2) is 47.4 Å². The highest BCUT2D eigenvalue weighted by molar-refractivity contribution is 7.89. The molecule has 26 heavy (non-hydrogen) atoms. The van der Waals surface area contributed by atoms with E-state index in [4.69, 9.17) is 16.4 Å². The summed E-state index contributed by atoms with van der Waals surface area (Å²) in [5, 5.41) is 2.67. The molecule has 0 bridgehead atoms. The number of nitrogens with one attached hydrogen (secondary N) is 1. The van der Waals surface area contributed by atoms with E-state index in [1.54, 1.807) is 12.1 Å². The Bertz CT molecular complexity index is 888. The van der Waals surface area contributed by atoms with E-state index in [9.17, 15) is 17.6 Å². The van der Waals surface area contributed by atoms with Crippen LogP contribution in [0.25, 0.3) is 0 Å². The Balaban J connectivity index is 2.09. The molecule has 0 atom stereocenters. The van der Waals surface area contributed by atoms with Gasteiger partial charge < -0.3 is 5.32 Å². The van der Waals surface area contributed by atoms with Gasteiger partial charge in [0.1, 0.15) is 10.7 Å². The van der Waals surface area contributed by atoms with E-state index in [1.807, 2.05) is 0 Å². The van der Waals surface area contributed by atoms with Gasteiger partial charge in [-0.15, -0.1) is 0 Å². The fraction of sp³-hybridized carbons (Fsp3) is 0.235. The summed E-state index contributed by atoms with van der Waals surface area (Å²) in [6, 6.07) is 9.93. The van der Waals surface area contributed by atoms with Crippen LogP contribution in [0.5, 0.6) is 0 Å². The van der Waals surface area contributed by atoms with Gasteiger partial charge in [0.05, 0.1) is 12.1 Å². The lowest BCUT2D eigenvalue weighted by Crippen LogP contribution is -2.28. The fourth-order valence-corrected chi connectivity index (χ4v) is 3.63. The zero-order valence-electron chi connectivity index (χ0n) is 14.2. The van der Waals surface area contributed by atoms with Crippen molar-refractivity contribution in [2.45, 2.75) is 11.3 Å². The first-order valence-corrected chi connectivity index (χ1v) is 9.42. The second kappa shape index (κ2) is 8.59. The summed E-state index contributed by atoms with van der Waals surface area (Å²) in [5.41, 5.74) is 1.02. The smallest absolute Gasteiger partial charge is 0.266 e. The molecule has 0 aliphatic rings. The summed E-state index contributed by atoms with van der Waals surface area (Å²) in [4.78, 5) is 16.7. The van der Waals surface area contributed by atoms with Gasteiger partial charge in [0.15, 0.2) is 0 Å². The van der Waals surface area contributed by atoms with E-state index < -0.39 is 15.9 Å². The van der Waals surface area contributed by atoms with E-state index >= 15 is 0 Å². The van der Waals surface area contributed by atoms with E-state index in [0.717, 1.165) is 5.56 Å². The number of rotatable bonds is 7. The molecule has 0 aromatic heterocycles. The molecule has 0 aliphatic heterocycles. The fourth-order valence-electron chi connectivity index (χ4n) is 2.15. The van der Waals surface area contributed by atoms with Crippen LogP contribution in [0.2, 0.25) is 5.02 Å². The van der Waals surface area contributed by atoms with Gasteiger partial charge in [-0.25, -0.2) is 12.8 Å². The SMILES string of the molecule is CON(C)S(=O)(=O)c1cc(C(=O)NCCc2ccc(F)cc2)ccc1Cl. The molecule has 0 unspecified atom stereocenters. The maximum atomic E-state index is 12.9. The molecule has 9 heteroatoms. The largest absolute Gasteiger partial charge is 0.352 e. The van der Waals surface area contributed by atoms with Crippen LogP contribution in [0, 0.1) is 5.82 Å². The number of carbonyl (C=O) groups excluding carboxylic acids is 1. The Kier molecular flexibility index (Phi) is 6.71. The molecule has 0 fully saturated rings. The highest BCUT2D eigenvalue weighted by atomic mass is 35.5. The predicted octanol–water partition coefficient (Wildman–Crippen LogP) is 2.63. The molecule has 2 rings (SSSR count). The highest BCUT2D eigenvalue weighted by Gasteiger charge is 2.25. The number of halogens is 2. The third-order valence-corrected chi connectivity index (χ3v) is 5.84. The standard InChI is InChI=1S/C17H18ClFN2O4S/c1-21(25-2)26(23,24)16-11-13(5-8-15(16)18)17(22)20-10-9-12-3-6-14(19)7-4-12/h3-8,11H,9-10H2,1-2H3,(H,20,22). The molecule has 2 aromatic carbocycles. The van der Waals surface area contributed by atoms with Crippen molar-refractivity contribution in [2.24, 2.45) is 0 Å². The first-order chi connectivity index (χ1) is 12.3. The van der Waals surface area contributed by atoms with E-state index in [1.165, 1.54) is 44.5 Å². The minimum atomic E-state index is -3.98. The second-order valence-corrected chi connectivity index (χ2v) is 7.69. The minimum Gasteiger partial charge on any atom is -0.352 e. The summed E-state index contributed by atoms with van der Waals surface area (Å²) >= 11 is 5.96. The first-order valence-electron chi connectivity index (χ1n) is 7.61. The maximum Gasteiger partial charge on any atom is 0.266 e. The van der Waals surface area contributed by atoms with Gasteiger partial charge in [0.2, 0.25) is 0 Å². The lowest BCUT2D eigenvalue weighted by atomic mass is 10.1. The number of hydrogen-bond acceptors (Lipinski definition) is 4. The van der Waals surface area contributed by atoms with E-state index in [-0.39, 0.29) is 21.3 Å². The Labute approximate surface area is 156 Å². The molecule has 1 N–H and O–H groups in total. The monoisotopic (exact) mass is 400 g/mol. The van der Waals surface area contributed by atoms with Crippen molar-refractivity contribution in [3.8, 4) is 0 Å². The number of amides is 1. The summed E-state index contributed by atoms with van der Waals surface area (Å²) in [7, 11) is -1.55. The van der Waals surface area contributed by atoms with Crippen molar-refractivity contribution in [2.75, 3.05) is 20.7 Å². The predicted molar refractivity (Wildman–Crippen MR) is 95.8 cm³/mol. The molecular formula is C17H18ClFN2O4S. The topological polar surface area (TPSA) is 75.7 Å². The zero-order chi connectivity index (χ0) is 19.3. The maximum absolute atomic E-state index is 12.9. The van der Waals surface area contributed by atoms with Gasteiger partial charge in [0.25, 0.3) is 15.9 Å². The normalized spacial score (nSPS) is 11.6. The van der Waals surface area contributed by atoms with Crippen molar-refractivity contribution < 1.29 is 22.4 Å². The number of sulfonamides is 1. The number of hydrogen-bond donors (Lipinski definition) is 1. The molecule has 2 aromatic rings. The lowest BCUT2D eigenvalue weighted by molar-refractivity contribution is -0.0258. The van der Waals surface area contributed by atoms with E-state index in [0.29, 0.717) is 17.4 Å². The van der Waals surface area contributed by atoms with Crippen LogP contribution in [0.3, 0.4) is 0 Å². The quantitative estimate of drug-likeness (QED) is 0.725. The van der Waals surface area contributed by atoms with Gasteiger partial charge in [0, 0.05) is 19.2 Å². The van der Waals surface area contributed by atoms with Crippen LogP contribution < -0.4 is 5.32 Å². The molecular weight excluding hydrogens is 383 g/mol. The van der Waals surface area contributed by atoms with Gasteiger partial charge in [-0.05, 0) is 42.3 Å². The number of carbonyl (C=O) groups is 1. The van der Waals surface area contributed by atoms with Crippen LogP contribution in [0.1, 0.15) is 15.9 Å². The Morgan fingerprint density at radius 1 is 1.23 bits per heavy atom. The van der Waals surface area contributed by atoms with Crippen molar-refractivity contribution >= 4 is 27.5 Å². The Morgan fingerprint density at radius 2 is 1.88 bits per heavy atom. The first kappa shape index (κ1) is 20.3. The Morgan fingerprint density at radius 3 is 2.50 bits per heavy atom. The van der Waals surface area contributed by atoms with Crippen molar-refractivity contribution in [1.82, 2.24) is 9.79 Å². The van der Waals surface area contributed by atoms with Crippen molar-refractivity contribution in [3.63, 3.8) is 0 Å². The molecule has 0 saturated heterocycles. The molecule has 6 nitrogen and oxygen atoms in total. The van der Waals surface area contributed by atoms with Crippen molar-refractivity contribution in [3.05, 3.63) is 64.4 Å². The zero-order valence-corrected chi connectivity index (χ0v) is 15.8. The van der Waals surface area contributed by atoms with Crippen LogP contribution in [-0.4, -0.2) is 39.5 Å². The van der Waals surface area contributed by atoms with Gasteiger partial charge in [-0.2, -0.15) is 0 Å². The van der Waals surface area contributed by atoms with Crippen LogP contribution in [0.4, 0.5) is 4.39 Å². The molecule has 1 amide bonds. The summed E-state index contributed by atoms with van der Waals surface area (Å²) in [6.45, 7) is 0.313. The molecule has 0 saturated carbocycles. The third-order valence-electron chi connectivity index (χ3n) is 3.68. The minimum absolute atomic E-state index is 0.0169. The summed E-state index contributed by atoms with van der Waals surface area (Å²) in [5.74, 6) is -0.769. The van der Waals surface area contributed by atoms with E-state index in [2.05, 4.69) is 5.32 Å². The summed E-state index contributed by atoms with van der Waals surface area (Å²) < 4.78 is 38.2. The van der Waals surface area contributed by atoms with Gasteiger partial charge in [-0.1, -0.05) is 28.2 Å². The van der Waals surface area contributed by atoms with Gasteiger partial charge >= 0.3 is 0 Å². The third kappa shape index (κ3) is 4.79. The van der Waals surface area contributed by atoms with Crippen LogP contribution >= 0.6 is 11.6 Å². The van der Waals surface area contributed by atoms with Crippen LogP contribution in [-0.2, 0) is 21.3 Å². The molecule has 0 heterocycles. The van der Waals surface area contributed by atoms with Gasteiger partial charge in [-0.3, -0.25) is 9.63 Å². The highest BCUT2D eigenvalue weighted by Crippen LogP contribution is 2.25. The summed E-state index contributed by atoms with van der Waals surface area (Å²) in [6.07, 6.45) is 0.511. The number of benzene rings is 2.